The third-order valence-electron chi connectivity index (χ3n) is 2.26. The van der Waals surface area contributed by atoms with Crippen LogP contribution in [0.15, 0.2) is 44.9 Å². The van der Waals surface area contributed by atoms with Crippen LogP contribution in [0.3, 0.4) is 0 Å². The topological polar surface area (TPSA) is 25.8 Å². The van der Waals surface area contributed by atoms with Crippen molar-refractivity contribution in [3.8, 4) is 0 Å². The fourth-order valence-corrected chi connectivity index (χ4v) is 2.76. The Balaban J connectivity index is 2.32. The summed E-state index contributed by atoms with van der Waals surface area (Å²) in [6.45, 7) is 4.05. The van der Waals surface area contributed by atoms with E-state index in [2.05, 4.69) is 25.9 Å². The van der Waals surface area contributed by atoms with E-state index in [4.69, 9.17) is 0 Å². The molecule has 0 spiro atoms. The average molecular weight is 327 g/mol. The lowest BCUT2D eigenvalue weighted by atomic mass is 10.2. The van der Waals surface area contributed by atoms with E-state index in [0.717, 1.165) is 15.5 Å². The average Bonchev–Trinajstić information content (AvgIpc) is 2.31. The minimum atomic E-state index is -0.233. The van der Waals surface area contributed by atoms with Crippen LogP contribution >= 0.6 is 27.7 Å². The molecule has 2 aromatic rings. The maximum absolute atomic E-state index is 13.6. The zero-order chi connectivity index (χ0) is 13.1. The summed E-state index contributed by atoms with van der Waals surface area (Å²) < 4.78 is 14.3. The summed E-state index contributed by atoms with van der Waals surface area (Å²) in [5, 5.41) is 0.741. The van der Waals surface area contributed by atoms with E-state index < -0.39 is 0 Å². The van der Waals surface area contributed by atoms with Crippen LogP contribution in [0.5, 0.6) is 0 Å². The summed E-state index contributed by atoms with van der Waals surface area (Å²) in [5.74, 6) is 0.758. The molecule has 1 heterocycles. The third kappa shape index (κ3) is 3.29. The number of aromatic nitrogens is 2. The van der Waals surface area contributed by atoms with E-state index in [9.17, 15) is 4.39 Å². The number of hydrogen-bond acceptors (Lipinski definition) is 3. The Morgan fingerprint density at radius 1 is 1.22 bits per heavy atom. The molecule has 94 valence electrons. The fraction of sp³-hybridized carbons (Fsp3) is 0.231. The highest BCUT2D eigenvalue weighted by atomic mass is 79.9. The summed E-state index contributed by atoms with van der Waals surface area (Å²) in [5.41, 5.74) is 0. The molecule has 2 nitrogen and oxygen atoms in total. The van der Waals surface area contributed by atoms with Gasteiger partial charge in [-0.25, -0.2) is 14.4 Å². The summed E-state index contributed by atoms with van der Waals surface area (Å²) in [7, 11) is 0. The highest BCUT2D eigenvalue weighted by molar-refractivity contribution is 9.10. The smallest absolute Gasteiger partial charge is 0.137 e. The van der Waals surface area contributed by atoms with Crippen LogP contribution < -0.4 is 0 Å². The maximum Gasteiger partial charge on any atom is 0.137 e. The maximum atomic E-state index is 13.6. The summed E-state index contributed by atoms with van der Waals surface area (Å²) in [6.07, 6.45) is 0. The molecular formula is C13H12BrFN2S. The van der Waals surface area contributed by atoms with E-state index in [1.54, 1.807) is 18.2 Å². The molecule has 2 rings (SSSR count). The summed E-state index contributed by atoms with van der Waals surface area (Å²) in [4.78, 5) is 9.29. The van der Waals surface area contributed by atoms with E-state index in [0.29, 0.717) is 4.90 Å². The normalized spacial score (nSPS) is 10.9. The van der Waals surface area contributed by atoms with Gasteiger partial charge < -0.3 is 0 Å². The first kappa shape index (κ1) is 13.5. The summed E-state index contributed by atoms with van der Waals surface area (Å²) >= 11 is 4.66. The molecule has 0 atom stereocenters. The first-order valence-corrected chi connectivity index (χ1v) is 7.14. The van der Waals surface area contributed by atoms with Crippen molar-refractivity contribution in [2.75, 3.05) is 0 Å². The van der Waals surface area contributed by atoms with Crippen molar-refractivity contribution in [2.45, 2.75) is 29.7 Å². The molecule has 18 heavy (non-hydrogen) atoms. The van der Waals surface area contributed by atoms with Gasteiger partial charge in [0, 0.05) is 16.9 Å². The predicted octanol–water partition coefficient (Wildman–Crippen LogP) is 4.65. The zero-order valence-electron chi connectivity index (χ0n) is 10.0. The Bertz CT molecular complexity index is 560. The van der Waals surface area contributed by atoms with Gasteiger partial charge in [0.1, 0.15) is 21.3 Å². The molecule has 0 radical (unpaired) electrons. The molecule has 5 heteroatoms. The highest BCUT2D eigenvalue weighted by Gasteiger charge is 2.09. The second-order valence-corrected chi connectivity index (χ2v) is 5.95. The standard InChI is InChI=1S/C13H12BrFN2S/c1-8(2)13-16-11(14)7-12(17-13)18-10-6-4-3-5-9(10)15/h3-8H,1-2H3. The van der Waals surface area contributed by atoms with Crippen molar-refractivity contribution in [1.29, 1.82) is 0 Å². The van der Waals surface area contributed by atoms with Gasteiger partial charge in [0.2, 0.25) is 0 Å². The van der Waals surface area contributed by atoms with E-state index >= 15 is 0 Å². The Morgan fingerprint density at radius 3 is 2.61 bits per heavy atom. The number of nitrogens with zero attached hydrogens (tertiary/aromatic N) is 2. The van der Waals surface area contributed by atoms with E-state index in [-0.39, 0.29) is 11.7 Å². The molecule has 0 aliphatic heterocycles. The first-order chi connectivity index (χ1) is 8.56. The molecule has 0 amide bonds. The van der Waals surface area contributed by atoms with Crippen LogP contribution in [0.2, 0.25) is 0 Å². The lowest BCUT2D eigenvalue weighted by Crippen LogP contribution is -1.98. The molecule has 0 saturated heterocycles. The molecule has 1 aromatic carbocycles. The monoisotopic (exact) mass is 326 g/mol. The fourth-order valence-electron chi connectivity index (χ4n) is 1.36. The van der Waals surface area contributed by atoms with Gasteiger partial charge in [0.05, 0.1) is 0 Å². The van der Waals surface area contributed by atoms with Gasteiger partial charge in [-0.3, -0.25) is 0 Å². The van der Waals surface area contributed by atoms with Gasteiger partial charge in [0.15, 0.2) is 0 Å². The van der Waals surface area contributed by atoms with Crippen molar-refractivity contribution in [3.63, 3.8) is 0 Å². The minimum Gasteiger partial charge on any atom is -0.226 e. The third-order valence-corrected chi connectivity index (χ3v) is 3.63. The van der Waals surface area contributed by atoms with E-state index in [1.165, 1.54) is 17.8 Å². The van der Waals surface area contributed by atoms with Crippen LogP contribution in [-0.4, -0.2) is 9.97 Å². The molecular weight excluding hydrogens is 315 g/mol. The number of halogens is 2. The largest absolute Gasteiger partial charge is 0.226 e. The van der Waals surface area contributed by atoms with Crippen LogP contribution in [0.4, 0.5) is 4.39 Å². The summed E-state index contributed by atoms with van der Waals surface area (Å²) in [6, 6.07) is 8.47. The second-order valence-electron chi connectivity index (χ2n) is 4.07. The first-order valence-electron chi connectivity index (χ1n) is 5.53. The molecule has 0 saturated carbocycles. The highest BCUT2D eigenvalue weighted by Crippen LogP contribution is 2.30. The predicted molar refractivity (Wildman–Crippen MR) is 74.3 cm³/mol. The molecule has 0 aliphatic rings. The van der Waals surface area contributed by atoms with Crippen LogP contribution in [-0.2, 0) is 0 Å². The van der Waals surface area contributed by atoms with Crippen LogP contribution in [0.1, 0.15) is 25.6 Å². The van der Waals surface area contributed by atoms with Gasteiger partial charge in [-0.1, -0.05) is 37.7 Å². The molecule has 0 N–H and O–H groups in total. The molecule has 0 unspecified atom stereocenters. The van der Waals surface area contributed by atoms with Crippen molar-refractivity contribution >= 4 is 27.7 Å². The van der Waals surface area contributed by atoms with Gasteiger partial charge in [0.25, 0.3) is 0 Å². The zero-order valence-corrected chi connectivity index (χ0v) is 12.4. The minimum absolute atomic E-state index is 0.233. The Morgan fingerprint density at radius 2 is 1.94 bits per heavy atom. The van der Waals surface area contributed by atoms with Gasteiger partial charge in [-0.05, 0) is 28.1 Å². The molecule has 0 fully saturated rings. The van der Waals surface area contributed by atoms with Gasteiger partial charge >= 0.3 is 0 Å². The number of rotatable bonds is 3. The van der Waals surface area contributed by atoms with Crippen molar-refractivity contribution in [3.05, 3.63) is 46.6 Å². The van der Waals surface area contributed by atoms with Crippen molar-refractivity contribution in [2.24, 2.45) is 0 Å². The van der Waals surface area contributed by atoms with E-state index in [1.807, 2.05) is 19.9 Å². The molecule has 1 aromatic heterocycles. The number of hydrogen-bond donors (Lipinski definition) is 0. The quantitative estimate of drug-likeness (QED) is 0.767. The Labute approximate surface area is 118 Å². The van der Waals surface area contributed by atoms with Gasteiger partial charge in [-0.2, -0.15) is 0 Å². The Kier molecular flexibility index (Phi) is 4.35. The van der Waals surface area contributed by atoms with Crippen LogP contribution in [0, 0.1) is 5.82 Å². The molecule has 0 aliphatic carbocycles. The van der Waals surface area contributed by atoms with Crippen molar-refractivity contribution in [1.82, 2.24) is 9.97 Å². The number of benzene rings is 1. The van der Waals surface area contributed by atoms with Crippen molar-refractivity contribution < 1.29 is 4.39 Å². The van der Waals surface area contributed by atoms with Gasteiger partial charge in [-0.15, -0.1) is 0 Å². The molecule has 0 bridgehead atoms. The lowest BCUT2D eigenvalue weighted by Gasteiger charge is -2.07. The second kappa shape index (κ2) is 5.80. The SMILES string of the molecule is CC(C)c1nc(Br)cc(Sc2ccccc2F)n1. The van der Waals surface area contributed by atoms with Crippen LogP contribution in [0.25, 0.3) is 0 Å². The Hall–Kier alpha value is -0.940. The lowest BCUT2D eigenvalue weighted by molar-refractivity contribution is 0.602.